The van der Waals surface area contributed by atoms with Crippen molar-refractivity contribution in [1.29, 1.82) is 0 Å². The minimum Gasteiger partial charge on any atom is -0.497 e. The summed E-state index contributed by atoms with van der Waals surface area (Å²) in [7, 11) is 1.64. The van der Waals surface area contributed by atoms with Gasteiger partial charge in [0.2, 0.25) is 5.91 Å². The third kappa shape index (κ3) is 4.32. The van der Waals surface area contributed by atoms with Crippen molar-refractivity contribution in [1.82, 2.24) is 9.80 Å². The van der Waals surface area contributed by atoms with Crippen molar-refractivity contribution in [2.24, 2.45) is 0 Å². The molecule has 0 spiro atoms. The number of thiocarbonyl (C=S) groups is 1. The van der Waals surface area contributed by atoms with E-state index in [2.05, 4.69) is 10.2 Å². The van der Waals surface area contributed by atoms with Crippen LogP contribution in [0.1, 0.15) is 13.3 Å². The molecule has 114 valence electrons. The molecule has 1 aliphatic heterocycles. The van der Waals surface area contributed by atoms with Gasteiger partial charge in [0.1, 0.15) is 5.75 Å². The summed E-state index contributed by atoms with van der Waals surface area (Å²) in [5.74, 6) is 0.921. The number of hydrogen-bond donors (Lipinski definition) is 1. The lowest BCUT2D eigenvalue weighted by Crippen LogP contribution is -2.38. The second-order valence-electron chi connectivity index (χ2n) is 5.01. The van der Waals surface area contributed by atoms with Crippen molar-refractivity contribution < 1.29 is 9.53 Å². The quantitative estimate of drug-likeness (QED) is 0.846. The number of benzene rings is 1. The first-order valence-electron chi connectivity index (χ1n) is 7.05. The first-order chi connectivity index (χ1) is 10.1. The molecule has 5 nitrogen and oxygen atoms in total. The van der Waals surface area contributed by atoms with E-state index in [1.807, 2.05) is 29.2 Å². The molecule has 1 aliphatic rings. The lowest BCUT2D eigenvalue weighted by Gasteiger charge is -2.24. The number of carbonyl (C=O) groups is 1. The molecular weight excluding hydrogens is 286 g/mol. The average Bonchev–Trinajstić information content (AvgIpc) is 2.73. The van der Waals surface area contributed by atoms with E-state index in [0.717, 1.165) is 44.0 Å². The SMILES string of the molecule is COc1cccc(NC(=S)N2CCCN(C(C)=O)CC2)c1. The van der Waals surface area contributed by atoms with Gasteiger partial charge in [0.15, 0.2) is 5.11 Å². The Bertz CT molecular complexity index is 521. The molecule has 1 saturated heterocycles. The normalized spacial score (nSPS) is 15.3. The maximum absolute atomic E-state index is 11.4. The summed E-state index contributed by atoms with van der Waals surface area (Å²) in [6.07, 6.45) is 0.930. The number of carbonyl (C=O) groups excluding carboxylic acids is 1. The van der Waals surface area contributed by atoms with Crippen LogP contribution < -0.4 is 10.1 Å². The first kappa shape index (κ1) is 15.6. The van der Waals surface area contributed by atoms with Gasteiger partial charge in [-0.3, -0.25) is 4.79 Å². The number of nitrogens with zero attached hydrogens (tertiary/aromatic N) is 2. The molecule has 1 fully saturated rings. The monoisotopic (exact) mass is 307 g/mol. The van der Waals surface area contributed by atoms with Crippen LogP contribution in [0, 0.1) is 0 Å². The van der Waals surface area contributed by atoms with Gasteiger partial charge in [0, 0.05) is 44.9 Å². The summed E-state index contributed by atoms with van der Waals surface area (Å²) in [4.78, 5) is 15.4. The molecule has 0 saturated carbocycles. The van der Waals surface area contributed by atoms with Crippen molar-refractivity contribution in [3.63, 3.8) is 0 Å². The van der Waals surface area contributed by atoms with E-state index in [1.54, 1.807) is 14.0 Å². The largest absolute Gasteiger partial charge is 0.497 e. The van der Waals surface area contributed by atoms with Crippen LogP contribution in [0.2, 0.25) is 0 Å². The molecule has 0 aliphatic carbocycles. The third-order valence-electron chi connectivity index (χ3n) is 3.55. The predicted molar refractivity (Wildman–Crippen MR) is 87.7 cm³/mol. The van der Waals surface area contributed by atoms with Crippen molar-refractivity contribution >= 4 is 28.9 Å². The fourth-order valence-corrected chi connectivity index (χ4v) is 2.64. The summed E-state index contributed by atoms with van der Waals surface area (Å²) in [6, 6.07) is 7.68. The molecule has 0 atom stereocenters. The van der Waals surface area contributed by atoms with Gasteiger partial charge in [-0.2, -0.15) is 0 Å². The van der Waals surface area contributed by atoms with E-state index in [0.29, 0.717) is 5.11 Å². The van der Waals surface area contributed by atoms with Crippen LogP contribution in [0.3, 0.4) is 0 Å². The van der Waals surface area contributed by atoms with Crippen LogP contribution >= 0.6 is 12.2 Å². The third-order valence-corrected chi connectivity index (χ3v) is 3.91. The standard InChI is InChI=1S/C15H21N3O2S/c1-12(19)17-7-4-8-18(10-9-17)15(21)16-13-5-3-6-14(11-13)20-2/h3,5-6,11H,4,7-10H2,1-2H3,(H,16,21). The zero-order valence-electron chi connectivity index (χ0n) is 12.5. The summed E-state index contributed by atoms with van der Waals surface area (Å²) in [5.41, 5.74) is 0.909. The van der Waals surface area contributed by atoms with Gasteiger partial charge in [0.25, 0.3) is 0 Å². The molecule has 0 aromatic heterocycles. The van der Waals surface area contributed by atoms with Gasteiger partial charge < -0.3 is 19.9 Å². The molecule has 1 amide bonds. The Hall–Kier alpha value is -1.82. The topological polar surface area (TPSA) is 44.8 Å². The number of amides is 1. The minimum absolute atomic E-state index is 0.128. The summed E-state index contributed by atoms with van der Waals surface area (Å²) in [6.45, 7) is 4.75. The van der Waals surface area contributed by atoms with Crippen LogP contribution in [0.4, 0.5) is 5.69 Å². The van der Waals surface area contributed by atoms with E-state index in [4.69, 9.17) is 17.0 Å². The second-order valence-corrected chi connectivity index (χ2v) is 5.40. The lowest BCUT2D eigenvalue weighted by molar-refractivity contribution is -0.128. The molecule has 6 heteroatoms. The van der Waals surface area contributed by atoms with E-state index in [9.17, 15) is 4.79 Å². The molecule has 0 unspecified atom stereocenters. The van der Waals surface area contributed by atoms with Crippen LogP contribution in [-0.4, -0.2) is 54.1 Å². The number of ether oxygens (including phenoxy) is 1. The molecule has 1 aromatic rings. The number of anilines is 1. The van der Waals surface area contributed by atoms with Gasteiger partial charge in [-0.15, -0.1) is 0 Å². The predicted octanol–water partition coefficient (Wildman–Crippen LogP) is 1.95. The van der Waals surface area contributed by atoms with Crippen molar-refractivity contribution in [3.8, 4) is 5.75 Å². The van der Waals surface area contributed by atoms with Crippen LogP contribution in [0.5, 0.6) is 5.75 Å². The van der Waals surface area contributed by atoms with E-state index in [-0.39, 0.29) is 5.91 Å². The number of hydrogen-bond acceptors (Lipinski definition) is 3. The Balaban J connectivity index is 1.95. The average molecular weight is 307 g/mol. The van der Waals surface area contributed by atoms with Crippen LogP contribution in [-0.2, 0) is 4.79 Å². The Morgan fingerprint density at radius 2 is 1.95 bits per heavy atom. The fraction of sp³-hybridized carbons (Fsp3) is 0.467. The Kier molecular flexibility index (Phi) is 5.38. The smallest absolute Gasteiger partial charge is 0.219 e. The van der Waals surface area contributed by atoms with Crippen LogP contribution in [0.15, 0.2) is 24.3 Å². The highest BCUT2D eigenvalue weighted by Gasteiger charge is 2.18. The van der Waals surface area contributed by atoms with Gasteiger partial charge in [0.05, 0.1) is 7.11 Å². The first-order valence-corrected chi connectivity index (χ1v) is 7.46. The fourth-order valence-electron chi connectivity index (χ4n) is 2.34. The Morgan fingerprint density at radius 3 is 2.67 bits per heavy atom. The number of nitrogens with one attached hydrogen (secondary N) is 1. The molecule has 1 heterocycles. The van der Waals surface area contributed by atoms with E-state index in [1.165, 1.54) is 0 Å². The zero-order chi connectivity index (χ0) is 15.2. The molecule has 21 heavy (non-hydrogen) atoms. The molecule has 2 rings (SSSR count). The molecule has 1 N–H and O–H groups in total. The van der Waals surface area contributed by atoms with Gasteiger partial charge in [-0.1, -0.05) is 6.07 Å². The molecule has 1 aromatic carbocycles. The lowest BCUT2D eigenvalue weighted by atomic mass is 10.3. The summed E-state index contributed by atoms with van der Waals surface area (Å²) in [5, 5.41) is 3.92. The minimum atomic E-state index is 0.128. The van der Waals surface area contributed by atoms with E-state index >= 15 is 0 Å². The maximum Gasteiger partial charge on any atom is 0.219 e. The molecule has 0 bridgehead atoms. The zero-order valence-corrected chi connectivity index (χ0v) is 13.3. The molecular formula is C15H21N3O2S. The second kappa shape index (κ2) is 7.26. The Labute approximate surface area is 130 Å². The van der Waals surface area contributed by atoms with E-state index < -0.39 is 0 Å². The summed E-state index contributed by atoms with van der Waals surface area (Å²) >= 11 is 5.47. The van der Waals surface area contributed by atoms with Crippen LogP contribution in [0.25, 0.3) is 0 Å². The number of rotatable bonds is 2. The van der Waals surface area contributed by atoms with Crippen molar-refractivity contribution in [2.45, 2.75) is 13.3 Å². The highest BCUT2D eigenvalue weighted by Crippen LogP contribution is 2.17. The Morgan fingerprint density at radius 1 is 1.24 bits per heavy atom. The molecule has 0 radical (unpaired) electrons. The van der Waals surface area contributed by atoms with Gasteiger partial charge in [-0.05, 0) is 30.8 Å². The van der Waals surface area contributed by atoms with Gasteiger partial charge in [-0.25, -0.2) is 0 Å². The maximum atomic E-state index is 11.4. The van der Waals surface area contributed by atoms with Crippen molar-refractivity contribution in [2.75, 3.05) is 38.6 Å². The summed E-state index contributed by atoms with van der Waals surface area (Å²) < 4.78 is 5.20. The number of methoxy groups -OCH3 is 1. The highest BCUT2D eigenvalue weighted by atomic mass is 32.1. The highest BCUT2D eigenvalue weighted by molar-refractivity contribution is 7.80. The van der Waals surface area contributed by atoms with Gasteiger partial charge >= 0.3 is 0 Å². The van der Waals surface area contributed by atoms with Crippen molar-refractivity contribution in [3.05, 3.63) is 24.3 Å².